The minimum atomic E-state index is 0. The fraction of sp³-hybridized carbons (Fsp3) is 0.500. The van der Waals surface area contributed by atoms with Crippen molar-refractivity contribution >= 4 is 29.9 Å². The molecular weight excluding hydrogens is 519 g/mol. The number of nitrogens with one attached hydrogen (secondary N) is 2. The first-order valence-electron chi connectivity index (χ1n) is 10.9. The molecule has 1 aromatic heterocycles. The van der Waals surface area contributed by atoms with Crippen LogP contribution in [0, 0.1) is 12.8 Å². The van der Waals surface area contributed by atoms with Crippen LogP contribution in [0.4, 0.5) is 0 Å². The molecule has 1 atom stereocenters. The van der Waals surface area contributed by atoms with Crippen LogP contribution in [0.15, 0.2) is 41.5 Å². The van der Waals surface area contributed by atoms with Crippen molar-refractivity contribution < 1.29 is 14.2 Å². The van der Waals surface area contributed by atoms with E-state index in [1.165, 1.54) is 5.56 Å². The second-order valence-corrected chi connectivity index (χ2v) is 8.10. The van der Waals surface area contributed by atoms with Crippen LogP contribution >= 0.6 is 24.0 Å². The number of benzene rings is 1. The first-order chi connectivity index (χ1) is 15.0. The van der Waals surface area contributed by atoms with Crippen LogP contribution in [-0.2, 0) is 17.8 Å². The first kappa shape index (κ1) is 26.2. The smallest absolute Gasteiger partial charge is 0.213 e. The number of aliphatic imine (C=N–C) groups is 1. The highest BCUT2D eigenvalue weighted by Gasteiger charge is 2.17. The Bertz CT molecular complexity index is 853. The first-order valence-corrected chi connectivity index (χ1v) is 10.9. The molecule has 2 N–H and O–H groups in total. The van der Waals surface area contributed by atoms with Crippen molar-refractivity contribution in [1.82, 2.24) is 15.6 Å². The Morgan fingerprint density at radius 2 is 2.03 bits per heavy atom. The molecule has 8 heteroatoms. The molecule has 1 aliphatic rings. The molecule has 0 amide bonds. The number of rotatable bonds is 9. The maximum Gasteiger partial charge on any atom is 0.213 e. The Labute approximate surface area is 208 Å². The van der Waals surface area contributed by atoms with E-state index >= 15 is 0 Å². The topological polar surface area (TPSA) is 77.0 Å². The van der Waals surface area contributed by atoms with E-state index in [-0.39, 0.29) is 30.1 Å². The van der Waals surface area contributed by atoms with Crippen molar-refractivity contribution in [1.29, 1.82) is 0 Å². The molecule has 3 rings (SSSR count). The molecule has 7 nitrogen and oxygen atoms in total. The van der Waals surface area contributed by atoms with Gasteiger partial charge in [0.2, 0.25) is 5.88 Å². The molecule has 0 bridgehead atoms. The quantitative estimate of drug-likeness (QED) is 0.277. The van der Waals surface area contributed by atoms with Crippen LogP contribution in [0.2, 0.25) is 0 Å². The van der Waals surface area contributed by atoms with Gasteiger partial charge in [-0.25, -0.2) is 4.98 Å². The van der Waals surface area contributed by atoms with Crippen molar-refractivity contribution in [2.45, 2.75) is 46.4 Å². The van der Waals surface area contributed by atoms with Gasteiger partial charge in [0.05, 0.1) is 19.3 Å². The number of aromatic nitrogens is 1. The summed E-state index contributed by atoms with van der Waals surface area (Å²) >= 11 is 0. The largest absolute Gasteiger partial charge is 0.493 e. The molecule has 1 saturated heterocycles. The van der Waals surface area contributed by atoms with Gasteiger partial charge in [-0.1, -0.05) is 18.2 Å². The van der Waals surface area contributed by atoms with E-state index in [9.17, 15) is 0 Å². The summed E-state index contributed by atoms with van der Waals surface area (Å²) in [4.78, 5) is 8.66. The molecule has 32 heavy (non-hydrogen) atoms. The van der Waals surface area contributed by atoms with Crippen LogP contribution < -0.4 is 20.1 Å². The van der Waals surface area contributed by atoms with Gasteiger partial charge < -0.3 is 24.8 Å². The fourth-order valence-corrected chi connectivity index (χ4v) is 3.28. The van der Waals surface area contributed by atoms with Crippen LogP contribution in [0.1, 0.15) is 37.0 Å². The van der Waals surface area contributed by atoms with Gasteiger partial charge in [0.15, 0.2) is 5.96 Å². The number of hydrogen-bond donors (Lipinski definition) is 2. The maximum absolute atomic E-state index is 6.14. The lowest BCUT2D eigenvalue weighted by Crippen LogP contribution is -2.36. The number of hydrogen-bond acceptors (Lipinski definition) is 5. The molecular formula is C24H35IN4O3. The zero-order valence-corrected chi connectivity index (χ0v) is 21.7. The van der Waals surface area contributed by atoms with Crippen molar-refractivity contribution in [2.24, 2.45) is 10.9 Å². The summed E-state index contributed by atoms with van der Waals surface area (Å²) in [6.45, 7) is 9.60. The molecule has 0 aliphatic carbocycles. The van der Waals surface area contributed by atoms with E-state index in [1.807, 2.05) is 32.2 Å². The van der Waals surface area contributed by atoms with Crippen LogP contribution in [0.3, 0.4) is 0 Å². The third kappa shape index (κ3) is 8.46. The maximum atomic E-state index is 6.14. The van der Waals surface area contributed by atoms with Gasteiger partial charge >= 0.3 is 0 Å². The van der Waals surface area contributed by atoms with Gasteiger partial charge in [0.25, 0.3) is 0 Å². The molecule has 1 fully saturated rings. The molecule has 176 valence electrons. The number of aryl methyl sites for hydroxylation is 1. The Balaban J connectivity index is 0.00000363. The highest BCUT2D eigenvalue weighted by Crippen LogP contribution is 2.22. The molecule has 0 saturated carbocycles. The fourth-order valence-electron chi connectivity index (χ4n) is 3.28. The van der Waals surface area contributed by atoms with Crippen molar-refractivity contribution in [3.8, 4) is 11.6 Å². The van der Waals surface area contributed by atoms with Crippen molar-refractivity contribution in [3.05, 3.63) is 53.2 Å². The molecule has 0 spiro atoms. The Morgan fingerprint density at radius 1 is 1.22 bits per heavy atom. The molecule has 1 unspecified atom stereocenters. The standard InChI is InChI=1S/C24H34N4O3.HI/c1-17(2)31-23-8-6-19(12-26-23)13-27-24(25-4)28-14-21-7-5-18(3)11-22(21)30-16-20-9-10-29-15-20;/h5-8,11-12,17,20H,9-10,13-16H2,1-4H3,(H2,25,27,28);1H. The highest BCUT2D eigenvalue weighted by atomic mass is 127. The average molecular weight is 554 g/mol. The van der Waals surface area contributed by atoms with Gasteiger partial charge in [-0.05, 0) is 44.4 Å². The zero-order chi connectivity index (χ0) is 22.1. The third-order valence-electron chi connectivity index (χ3n) is 5.01. The van der Waals surface area contributed by atoms with Crippen molar-refractivity contribution in [3.63, 3.8) is 0 Å². The lowest BCUT2D eigenvalue weighted by molar-refractivity contribution is 0.166. The molecule has 1 aromatic carbocycles. The summed E-state index contributed by atoms with van der Waals surface area (Å²) in [5.74, 6) is 2.75. The number of nitrogens with zero attached hydrogens (tertiary/aromatic N) is 2. The predicted octanol–water partition coefficient (Wildman–Crippen LogP) is 4.08. The molecule has 2 aromatic rings. The second-order valence-electron chi connectivity index (χ2n) is 8.10. The molecule has 2 heterocycles. The monoisotopic (exact) mass is 554 g/mol. The normalized spacial score (nSPS) is 15.9. The van der Waals surface area contributed by atoms with Crippen LogP contribution in [0.5, 0.6) is 11.6 Å². The van der Waals surface area contributed by atoms with E-state index in [2.05, 4.69) is 45.7 Å². The lowest BCUT2D eigenvalue weighted by atomic mass is 10.1. The van der Waals surface area contributed by atoms with Gasteiger partial charge in [0.1, 0.15) is 5.75 Å². The summed E-state index contributed by atoms with van der Waals surface area (Å²) in [5.41, 5.74) is 3.34. The van der Waals surface area contributed by atoms with E-state index in [1.54, 1.807) is 7.05 Å². The van der Waals surface area contributed by atoms with Crippen LogP contribution in [0.25, 0.3) is 0 Å². The predicted molar refractivity (Wildman–Crippen MR) is 138 cm³/mol. The highest BCUT2D eigenvalue weighted by molar-refractivity contribution is 14.0. The van der Waals surface area contributed by atoms with Gasteiger partial charge in [-0.2, -0.15) is 0 Å². The minimum absolute atomic E-state index is 0. The lowest BCUT2D eigenvalue weighted by Gasteiger charge is -2.17. The summed E-state index contributed by atoms with van der Waals surface area (Å²) in [7, 11) is 1.76. The van der Waals surface area contributed by atoms with Gasteiger partial charge in [-0.3, -0.25) is 4.99 Å². The number of ether oxygens (including phenoxy) is 3. The Hall–Kier alpha value is -2.07. The number of pyridine rings is 1. The van der Waals surface area contributed by atoms with E-state index in [0.29, 0.717) is 31.5 Å². The SMILES string of the molecule is CN=C(NCc1ccc(OC(C)C)nc1)NCc1ccc(C)cc1OCC1CCOC1.I. The molecule has 1 aliphatic heterocycles. The minimum Gasteiger partial charge on any atom is -0.493 e. The van der Waals surface area contributed by atoms with E-state index in [4.69, 9.17) is 14.2 Å². The summed E-state index contributed by atoms with van der Waals surface area (Å²) in [6.07, 6.45) is 2.99. The summed E-state index contributed by atoms with van der Waals surface area (Å²) in [5, 5.41) is 6.69. The molecule has 0 radical (unpaired) electrons. The average Bonchev–Trinajstić information content (AvgIpc) is 3.28. The van der Waals surface area contributed by atoms with E-state index < -0.39 is 0 Å². The third-order valence-corrected chi connectivity index (χ3v) is 5.01. The summed E-state index contributed by atoms with van der Waals surface area (Å²) in [6, 6.07) is 10.2. The van der Waals surface area contributed by atoms with Gasteiger partial charge in [0, 0.05) is 50.5 Å². The summed E-state index contributed by atoms with van der Waals surface area (Å²) < 4.78 is 17.2. The number of halogens is 1. The van der Waals surface area contributed by atoms with Crippen molar-refractivity contribution in [2.75, 3.05) is 26.9 Å². The number of guanidine groups is 1. The Morgan fingerprint density at radius 3 is 2.69 bits per heavy atom. The Kier molecular flexibility index (Phi) is 11.0. The second kappa shape index (κ2) is 13.5. The van der Waals surface area contributed by atoms with E-state index in [0.717, 1.165) is 42.5 Å². The van der Waals surface area contributed by atoms with Crippen LogP contribution in [-0.4, -0.2) is 43.9 Å². The van der Waals surface area contributed by atoms with Gasteiger partial charge in [-0.15, -0.1) is 24.0 Å². The zero-order valence-electron chi connectivity index (χ0n) is 19.4.